The molecule has 0 fully saturated rings. The van der Waals surface area contributed by atoms with Gasteiger partial charge in [0, 0.05) is 7.05 Å². The van der Waals surface area contributed by atoms with E-state index in [1.54, 1.807) is 5.01 Å². The van der Waals surface area contributed by atoms with E-state index in [4.69, 9.17) is 0 Å². The highest BCUT2D eigenvalue weighted by molar-refractivity contribution is 5.79. The Hall–Kier alpha value is -0.930. The van der Waals surface area contributed by atoms with Gasteiger partial charge in [0.05, 0.1) is 0 Å². The van der Waals surface area contributed by atoms with Crippen LogP contribution in [0.2, 0.25) is 0 Å². The molecule has 44 valence electrons. The zero-order valence-electron chi connectivity index (χ0n) is 5.00. The molecule has 0 aromatic carbocycles. The monoisotopic (exact) mass is 112 g/mol. The van der Waals surface area contributed by atoms with E-state index in [-0.39, 0.29) is 0 Å². The van der Waals surface area contributed by atoms with Crippen molar-refractivity contribution in [3.05, 3.63) is 0 Å². The highest BCUT2D eigenvalue weighted by atomic mass is 15.5. The highest BCUT2D eigenvalue weighted by Gasteiger charge is 1.96. The van der Waals surface area contributed by atoms with E-state index < -0.39 is 0 Å². The molecule has 0 unspecified atom stereocenters. The van der Waals surface area contributed by atoms with Crippen LogP contribution in [0, 0.1) is 0 Å². The van der Waals surface area contributed by atoms with Gasteiger partial charge in [-0.15, -0.1) is 5.11 Å². The van der Waals surface area contributed by atoms with Crippen molar-refractivity contribution in [2.24, 2.45) is 15.3 Å². The minimum absolute atomic E-state index is 0.581. The topological polar surface area (TPSA) is 40.3 Å². The molecule has 0 saturated heterocycles. The Labute approximate surface area is 47.9 Å². The molecule has 0 N–H and O–H groups in total. The van der Waals surface area contributed by atoms with Crippen LogP contribution in [0.25, 0.3) is 0 Å². The zero-order chi connectivity index (χ0) is 5.98. The number of hydrogen-bond acceptors (Lipinski definition) is 4. The summed E-state index contributed by atoms with van der Waals surface area (Å²) < 4.78 is 0. The molecule has 1 aliphatic rings. The van der Waals surface area contributed by atoms with Crippen LogP contribution in [0.1, 0.15) is 6.92 Å². The van der Waals surface area contributed by atoms with Gasteiger partial charge in [-0.2, -0.15) is 10.2 Å². The first-order valence-corrected chi connectivity index (χ1v) is 2.43. The summed E-state index contributed by atoms with van der Waals surface area (Å²) in [5, 5.41) is 13.2. The molecule has 1 heterocycles. The number of rotatable bonds is 0. The van der Waals surface area contributed by atoms with E-state index in [0.29, 0.717) is 6.67 Å². The fourth-order valence-electron chi connectivity index (χ4n) is 0.524. The van der Waals surface area contributed by atoms with Crippen molar-refractivity contribution in [1.29, 1.82) is 0 Å². The Morgan fingerprint density at radius 3 is 2.75 bits per heavy atom. The number of nitrogens with zero attached hydrogens (tertiary/aromatic N) is 4. The van der Waals surface area contributed by atoms with Crippen molar-refractivity contribution >= 4 is 5.84 Å². The smallest absolute Gasteiger partial charge is 0.167 e. The molecule has 0 amide bonds. The average molecular weight is 112 g/mol. The molecule has 0 radical (unpaired) electrons. The number of azo groups is 1. The van der Waals surface area contributed by atoms with Crippen molar-refractivity contribution in [2.45, 2.75) is 6.92 Å². The summed E-state index contributed by atoms with van der Waals surface area (Å²) in [5.74, 6) is 0.721. The molecule has 0 aromatic heterocycles. The fourth-order valence-corrected chi connectivity index (χ4v) is 0.524. The molecule has 1 aliphatic heterocycles. The molecule has 0 saturated carbocycles. The summed E-state index contributed by atoms with van der Waals surface area (Å²) in [6, 6.07) is 0. The van der Waals surface area contributed by atoms with Crippen molar-refractivity contribution in [1.82, 2.24) is 5.01 Å². The number of amidine groups is 1. The van der Waals surface area contributed by atoms with Gasteiger partial charge in [-0.1, -0.05) is 0 Å². The molecule has 8 heavy (non-hydrogen) atoms. The summed E-state index contributed by atoms with van der Waals surface area (Å²) in [6.07, 6.45) is 0. The molecule has 0 aromatic rings. The van der Waals surface area contributed by atoms with Crippen LogP contribution in [-0.2, 0) is 0 Å². The third-order valence-corrected chi connectivity index (χ3v) is 0.799. The van der Waals surface area contributed by atoms with Crippen molar-refractivity contribution < 1.29 is 0 Å². The zero-order valence-corrected chi connectivity index (χ0v) is 5.00. The molecule has 0 aliphatic carbocycles. The molecule has 0 spiro atoms. The Kier molecular flexibility index (Phi) is 1.24. The van der Waals surface area contributed by atoms with E-state index in [1.165, 1.54) is 0 Å². The first-order valence-electron chi connectivity index (χ1n) is 2.43. The average Bonchev–Trinajstić information content (AvgIpc) is 1.64. The Morgan fingerprint density at radius 2 is 2.38 bits per heavy atom. The molecule has 4 heteroatoms. The van der Waals surface area contributed by atoms with Gasteiger partial charge in [0.2, 0.25) is 0 Å². The summed E-state index contributed by atoms with van der Waals surface area (Å²) in [7, 11) is 1.86. The quantitative estimate of drug-likeness (QED) is 0.454. The summed E-state index contributed by atoms with van der Waals surface area (Å²) >= 11 is 0. The Balaban J connectivity index is 2.63. The minimum atomic E-state index is 0.581. The first-order chi connectivity index (χ1) is 3.79. The molecular weight excluding hydrogens is 104 g/mol. The van der Waals surface area contributed by atoms with Crippen LogP contribution in [-0.4, -0.2) is 24.6 Å². The maximum absolute atomic E-state index is 3.97. The van der Waals surface area contributed by atoms with E-state index in [1.807, 2.05) is 14.0 Å². The van der Waals surface area contributed by atoms with E-state index in [9.17, 15) is 0 Å². The minimum Gasteiger partial charge on any atom is -0.275 e. The van der Waals surface area contributed by atoms with E-state index in [0.717, 1.165) is 5.84 Å². The highest BCUT2D eigenvalue weighted by Crippen LogP contribution is 1.94. The molecule has 1 rings (SSSR count). The van der Waals surface area contributed by atoms with Crippen LogP contribution >= 0.6 is 0 Å². The van der Waals surface area contributed by atoms with Crippen LogP contribution in [0.3, 0.4) is 0 Å². The molecule has 0 bridgehead atoms. The van der Waals surface area contributed by atoms with Crippen LogP contribution in [0.5, 0.6) is 0 Å². The fraction of sp³-hybridized carbons (Fsp3) is 0.750. The molecular formula is C4H8N4. The largest absolute Gasteiger partial charge is 0.275 e. The normalized spacial score (nSPS) is 18.8. The van der Waals surface area contributed by atoms with Crippen molar-refractivity contribution in [3.63, 3.8) is 0 Å². The van der Waals surface area contributed by atoms with Gasteiger partial charge in [-0.05, 0) is 6.92 Å². The number of hydrogen-bond donors (Lipinski definition) is 0. The second kappa shape index (κ2) is 1.90. The van der Waals surface area contributed by atoms with Gasteiger partial charge in [-0.3, -0.25) is 5.01 Å². The van der Waals surface area contributed by atoms with E-state index in [2.05, 4.69) is 15.3 Å². The van der Waals surface area contributed by atoms with Gasteiger partial charge >= 0.3 is 0 Å². The predicted octanol–water partition coefficient (Wildman–Crippen LogP) is 0.675. The summed E-state index contributed by atoms with van der Waals surface area (Å²) in [5.41, 5.74) is 0. The SMILES string of the molecule is CC1=NN(C)CN=N1. The standard InChI is InChI=1S/C4H8N4/c1-4-6-5-3-8(2)7-4/h3H2,1-2H3. The van der Waals surface area contributed by atoms with Gasteiger partial charge in [0.1, 0.15) is 6.67 Å². The van der Waals surface area contributed by atoms with Gasteiger partial charge in [0.25, 0.3) is 0 Å². The Bertz CT molecular complexity index is 137. The van der Waals surface area contributed by atoms with Crippen LogP contribution in [0.4, 0.5) is 0 Å². The lowest BCUT2D eigenvalue weighted by Gasteiger charge is -2.11. The third kappa shape index (κ3) is 1.02. The lowest BCUT2D eigenvalue weighted by Crippen LogP contribution is -2.15. The maximum atomic E-state index is 3.97. The Morgan fingerprint density at radius 1 is 1.62 bits per heavy atom. The predicted molar refractivity (Wildman–Crippen MR) is 30.6 cm³/mol. The van der Waals surface area contributed by atoms with Crippen molar-refractivity contribution in [2.75, 3.05) is 13.7 Å². The van der Waals surface area contributed by atoms with Gasteiger partial charge < -0.3 is 0 Å². The van der Waals surface area contributed by atoms with E-state index >= 15 is 0 Å². The third-order valence-electron chi connectivity index (χ3n) is 0.799. The lowest BCUT2D eigenvalue weighted by molar-refractivity contribution is 0.349. The lowest BCUT2D eigenvalue weighted by atomic mass is 10.7. The molecule has 4 nitrogen and oxygen atoms in total. The second-order valence-electron chi connectivity index (χ2n) is 1.69. The van der Waals surface area contributed by atoms with Crippen LogP contribution < -0.4 is 0 Å². The maximum Gasteiger partial charge on any atom is 0.167 e. The van der Waals surface area contributed by atoms with Gasteiger partial charge in [0.15, 0.2) is 5.84 Å². The summed E-state index contributed by atoms with van der Waals surface area (Å²) in [6.45, 7) is 2.40. The summed E-state index contributed by atoms with van der Waals surface area (Å²) in [4.78, 5) is 0. The number of hydrazone groups is 1. The molecule has 0 atom stereocenters. The second-order valence-corrected chi connectivity index (χ2v) is 1.69. The van der Waals surface area contributed by atoms with Crippen LogP contribution in [0.15, 0.2) is 15.3 Å². The van der Waals surface area contributed by atoms with Gasteiger partial charge in [-0.25, -0.2) is 0 Å². The van der Waals surface area contributed by atoms with Crippen molar-refractivity contribution in [3.8, 4) is 0 Å². The first kappa shape index (κ1) is 5.21.